The van der Waals surface area contributed by atoms with Crippen molar-refractivity contribution in [3.63, 3.8) is 0 Å². The van der Waals surface area contributed by atoms with E-state index in [0.717, 1.165) is 18.4 Å². The average Bonchev–Trinajstić information content (AvgIpc) is 3.10. The molecular formula is C14H19NO2. The largest absolute Gasteiger partial charge is 0.384 e. The Morgan fingerprint density at radius 1 is 1.35 bits per heavy atom. The van der Waals surface area contributed by atoms with Crippen LogP contribution < -0.4 is 5.32 Å². The van der Waals surface area contributed by atoms with Crippen LogP contribution in [0, 0.1) is 12.8 Å². The molecule has 1 fully saturated rings. The topological polar surface area (TPSA) is 49.3 Å². The van der Waals surface area contributed by atoms with E-state index < -0.39 is 6.10 Å². The van der Waals surface area contributed by atoms with Crippen molar-refractivity contribution in [2.75, 3.05) is 0 Å². The van der Waals surface area contributed by atoms with Gasteiger partial charge in [0.2, 0.25) is 5.91 Å². The summed E-state index contributed by atoms with van der Waals surface area (Å²) in [5.41, 5.74) is 2.34. The number of aliphatic hydroxyl groups is 1. The highest BCUT2D eigenvalue weighted by atomic mass is 16.3. The average molecular weight is 233 g/mol. The second kappa shape index (κ2) is 4.88. The molecule has 1 amide bonds. The summed E-state index contributed by atoms with van der Waals surface area (Å²) >= 11 is 0. The molecule has 0 heterocycles. The third kappa shape index (κ3) is 3.07. The van der Waals surface area contributed by atoms with E-state index >= 15 is 0 Å². The molecule has 0 saturated heterocycles. The van der Waals surface area contributed by atoms with Gasteiger partial charge in [0.05, 0.1) is 6.04 Å². The summed E-state index contributed by atoms with van der Waals surface area (Å²) in [4.78, 5) is 11.6. The zero-order chi connectivity index (χ0) is 12.4. The first kappa shape index (κ1) is 12.1. The zero-order valence-corrected chi connectivity index (χ0v) is 10.3. The van der Waals surface area contributed by atoms with Crippen LogP contribution in [0.1, 0.15) is 36.9 Å². The molecule has 0 bridgehead atoms. The van der Waals surface area contributed by atoms with Gasteiger partial charge in [0.15, 0.2) is 0 Å². The van der Waals surface area contributed by atoms with Gasteiger partial charge in [0.1, 0.15) is 6.10 Å². The Morgan fingerprint density at radius 2 is 1.94 bits per heavy atom. The number of carbonyl (C=O) groups is 1. The third-order valence-electron chi connectivity index (χ3n) is 3.21. The smallest absolute Gasteiger partial charge is 0.249 e. The summed E-state index contributed by atoms with van der Waals surface area (Å²) in [6.07, 6.45) is 1.36. The fraction of sp³-hybridized carbons (Fsp3) is 0.500. The van der Waals surface area contributed by atoms with Crippen LogP contribution in [-0.4, -0.2) is 17.1 Å². The summed E-state index contributed by atoms with van der Waals surface area (Å²) in [6, 6.07) is 8.28. The molecule has 1 saturated carbocycles. The molecule has 2 N–H and O–H groups in total. The molecule has 2 rings (SSSR count). The first-order valence-corrected chi connectivity index (χ1v) is 6.13. The lowest BCUT2D eigenvalue weighted by molar-refractivity contribution is -0.129. The van der Waals surface area contributed by atoms with Crippen molar-refractivity contribution in [2.24, 2.45) is 5.92 Å². The fourth-order valence-electron chi connectivity index (χ4n) is 1.95. The molecule has 3 nitrogen and oxygen atoms in total. The van der Waals surface area contributed by atoms with Gasteiger partial charge in [-0.15, -0.1) is 0 Å². The number of aryl methyl sites for hydroxylation is 1. The second-order valence-corrected chi connectivity index (χ2v) is 4.91. The van der Waals surface area contributed by atoms with E-state index in [1.54, 1.807) is 0 Å². The van der Waals surface area contributed by atoms with Crippen molar-refractivity contribution >= 4 is 5.91 Å². The monoisotopic (exact) mass is 233 g/mol. The van der Waals surface area contributed by atoms with Gasteiger partial charge in [0, 0.05) is 0 Å². The van der Waals surface area contributed by atoms with Gasteiger partial charge in [-0.1, -0.05) is 29.8 Å². The Kier molecular flexibility index (Phi) is 3.48. The number of hydrogen-bond donors (Lipinski definition) is 2. The van der Waals surface area contributed by atoms with Gasteiger partial charge in [0.25, 0.3) is 0 Å². The molecule has 1 aromatic carbocycles. The van der Waals surface area contributed by atoms with Crippen LogP contribution in [-0.2, 0) is 4.79 Å². The lowest BCUT2D eigenvalue weighted by Gasteiger charge is -2.20. The first-order chi connectivity index (χ1) is 8.08. The molecule has 0 aromatic heterocycles. The molecule has 2 atom stereocenters. The highest BCUT2D eigenvalue weighted by molar-refractivity contribution is 5.80. The predicted molar refractivity (Wildman–Crippen MR) is 66.5 cm³/mol. The van der Waals surface area contributed by atoms with Crippen molar-refractivity contribution < 1.29 is 9.90 Å². The number of nitrogens with one attached hydrogen (secondary N) is 1. The predicted octanol–water partition coefficient (Wildman–Crippen LogP) is 1.94. The molecular weight excluding hydrogens is 214 g/mol. The SMILES string of the molecule is Cc1ccc(C(NC(=O)C(C)O)C2CC2)cc1. The number of aliphatic hydroxyl groups excluding tert-OH is 1. The summed E-state index contributed by atoms with van der Waals surface area (Å²) < 4.78 is 0. The molecule has 0 radical (unpaired) electrons. The maximum Gasteiger partial charge on any atom is 0.249 e. The van der Waals surface area contributed by atoms with Crippen LogP contribution >= 0.6 is 0 Å². The van der Waals surface area contributed by atoms with Crippen LogP contribution in [0.3, 0.4) is 0 Å². The molecule has 0 spiro atoms. The van der Waals surface area contributed by atoms with Crippen molar-refractivity contribution in [2.45, 2.75) is 38.8 Å². The number of hydrogen-bond acceptors (Lipinski definition) is 2. The van der Waals surface area contributed by atoms with E-state index in [2.05, 4.69) is 29.6 Å². The highest BCUT2D eigenvalue weighted by Crippen LogP contribution is 2.41. The minimum atomic E-state index is -0.943. The Hall–Kier alpha value is -1.35. The Morgan fingerprint density at radius 3 is 2.41 bits per heavy atom. The zero-order valence-electron chi connectivity index (χ0n) is 10.3. The van der Waals surface area contributed by atoms with Gasteiger partial charge in [-0.2, -0.15) is 0 Å². The van der Waals surface area contributed by atoms with Gasteiger partial charge >= 0.3 is 0 Å². The van der Waals surface area contributed by atoms with E-state index in [1.807, 2.05) is 6.92 Å². The second-order valence-electron chi connectivity index (χ2n) is 4.91. The molecule has 1 aromatic rings. The molecule has 0 aliphatic heterocycles. The lowest BCUT2D eigenvalue weighted by Crippen LogP contribution is -2.36. The molecule has 3 heteroatoms. The van der Waals surface area contributed by atoms with Crippen LogP contribution in [0.4, 0.5) is 0 Å². The number of benzene rings is 1. The standard InChI is InChI=1S/C14H19NO2/c1-9-3-5-11(6-4-9)13(12-7-8-12)15-14(17)10(2)16/h3-6,10,12-13,16H,7-8H2,1-2H3,(H,15,17). The molecule has 17 heavy (non-hydrogen) atoms. The fourth-order valence-corrected chi connectivity index (χ4v) is 1.95. The molecule has 1 aliphatic rings. The third-order valence-corrected chi connectivity index (χ3v) is 3.21. The minimum absolute atomic E-state index is 0.0534. The van der Waals surface area contributed by atoms with Crippen molar-refractivity contribution in [3.8, 4) is 0 Å². The van der Waals surface area contributed by atoms with Gasteiger partial charge in [-0.05, 0) is 38.2 Å². The van der Waals surface area contributed by atoms with E-state index in [4.69, 9.17) is 0 Å². The maximum absolute atomic E-state index is 11.6. The molecule has 92 valence electrons. The van der Waals surface area contributed by atoms with Gasteiger partial charge in [-0.25, -0.2) is 0 Å². The minimum Gasteiger partial charge on any atom is -0.384 e. The lowest BCUT2D eigenvalue weighted by atomic mass is 10.0. The summed E-state index contributed by atoms with van der Waals surface area (Å²) in [5.74, 6) is 0.239. The van der Waals surface area contributed by atoms with E-state index in [1.165, 1.54) is 12.5 Å². The Labute approximate surface area is 102 Å². The summed E-state index contributed by atoms with van der Waals surface area (Å²) in [7, 11) is 0. The number of amides is 1. The van der Waals surface area contributed by atoms with Crippen LogP contribution in [0.2, 0.25) is 0 Å². The Bertz CT molecular complexity index is 393. The maximum atomic E-state index is 11.6. The van der Waals surface area contributed by atoms with Crippen molar-refractivity contribution in [1.82, 2.24) is 5.32 Å². The van der Waals surface area contributed by atoms with E-state index in [9.17, 15) is 9.90 Å². The number of carbonyl (C=O) groups excluding carboxylic acids is 1. The quantitative estimate of drug-likeness (QED) is 0.835. The van der Waals surface area contributed by atoms with Crippen LogP contribution in [0.5, 0.6) is 0 Å². The molecule has 1 aliphatic carbocycles. The normalized spacial score (nSPS) is 18.5. The number of rotatable bonds is 4. The van der Waals surface area contributed by atoms with Crippen molar-refractivity contribution in [1.29, 1.82) is 0 Å². The van der Waals surface area contributed by atoms with Crippen LogP contribution in [0.15, 0.2) is 24.3 Å². The first-order valence-electron chi connectivity index (χ1n) is 6.13. The van der Waals surface area contributed by atoms with Gasteiger partial charge in [-0.3, -0.25) is 4.79 Å². The van der Waals surface area contributed by atoms with E-state index in [0.29, 0.717) is 5.92 Å². The van der Waals surface area contributed by atoms with Crippen LogP contribution in [0.25, 0.3) is 0 Å². The summed E-state index contributed by atoms with van der Waals surface area (Å²) in [6.45, 7) is 3.54. The summed E-state index contributed by atoms with van der Waals surface area (Å²) in [5, 5.41) is 12.2. The Balaban J connectivity index is 2.12. The van der Waals surface area contributed by atoms with E-state index in [-0.39, 0.29) is 11.9 Å². The van der Waals surface area contributed by atoms with Gasteiger partial charge < -0.3 is 10.4 Å². The highest BCUT2D eigenvalue weighted by Gasteiger charge is 2.33. The molecule has 2 unspecified atom stereocenters. The van der Waals surface area contributed by atoms with Crippen molar-refractivity contribution in [3.05, 3.63) is 35.4 Å².